The first kappa shape index (κ1) is 11.8. The second kappa shape index (κ2) is 4.53. The number of amides is 1. The van der Waals surface area contributed by atoms with Crippen molar-refractivity contribution < 1.29 is 21.6 Å². The van der Waals surface area contributed by atoms with Crippen molar-refractivity contribution in [3.63, 3.8) is 0 Å². The minimum absolute atomic E-state index is 0.0197. The van der Waals surface area contributed by atoms with Gasteiger partial charge in [-0.15, -0.1) is 0 Å². The number of carbonyl (C=O) groups excluding carboxylic acids is 1. The Morgan fingerprint density at radius 2 is 1.93 bits per heavy atom. The number of nitrogens with one attached hydrogen (secondary N) is 1. The monoisotopic (exact) mass is 275 g/mol. The molecule has 0 fully saturated rings. The first-order valence-corrected chi connectivity index (χ1v) is 7.30. The van der Waals surface area contributed by atoms with Crippen molar-refractivity contribution in [1.82, 2.24) is 5.48 Å². The van der Waals surface area contributed by atoms with Crippen LogP contribution in [0.15, 0.2) is 24.3 Å². The van der Waals surface area contributed by atoms with Gasteiger partial charge in [-0.3, -0.25) is 0 Å². The summed E-state index contributed by atoms with van der Waals surface area (Å²) in [5, 5.41) is 8.97. The predicted molar refractivity (Wildman–Crippen MR) is 51.3 cm³/mol. The van der Waals surface area contributed by atoms with E-state index in [0.717, 1.165) is 6.92 Å². The summed E-state index contributed by atoms with van der Waals surface area (Å²) in [5.74, 6) is -0.585. The van der Waals surface area contributed by atoms with Crippen molar-refractivity contribution in [1.29, 1.82) is 0 Å². The number of hydroxylamine groups is 1. The SMILES string of the molecule is CC(=O)NO[As](=O)(O)c1ccc(O)cc1. The molecule has 0 saturated carbocycles. The Morgan fingerprint density at radius 3 is 2.40 bits per heavy atom. The third kappa shape index (κ3) is 3.43. The summed E-state index contributed by atoms with van der Waals surface area (Å²) < 4.78 is 25.4. The van der Waals surface area contributed by atoms with Crippen molar-refractivity contribution in [3.05, 3.63) is 24.3 Å². The van der Waals surface area contributed by atoms with E-state index in [-0.39, 0.29) is 10.1 Å². The number of rotatable bonds is 3. The van der Waals surface area contributed by atoms with E-state index in [1.54, 1.807) is 0 Å². The van der Waals surface area contributed by atoms with Crippen molar-refractivity contribution in [2.75, 3.05) is 0 Å². The zero-order valence-corrected chi connectivity index (χ0v) is 9.75. The fourth-order valence-electron chi connectivity index (χ4n) is 0.820. The Morgan fingerprint density at radius 1 is 1.40 bits per heavy atom. The molecule has 0 aliphatic rings. The van der Waals surface area contributed by atoms with Crippen LogP contribution < -0.4 is 9.83 Å². The van der Waals surface area contributed by atoms with E-state index in [1.165, 1.54) is 24.3 Å². The van der Waals surface area contributed by atoms with E-state index < -0.39 is 20.1 Å². The van der Waals surface area contributed by atoms with E-state index >= 15 is 0 Å². The summed E-state index contributed by atoms with van der Waals surface area (Å²) in [6.45, 7) is 1.16. The van der Waals surface area contributed by atoms with Gasteiger partial charge in [0.25, 0.3) is 0 Å². The molecule has 0 bridgehead atoms. The fraction of sp³-hybridized carbons (Fsp3) is 0.125. The Kier molecular flexibility index (Phi) is 3.57. The van der Waals surface area contributed by atoms with Crippen LogP contribution in [0.4, 0.5) is 0 Å². The normalized spacial score (nSPS) is 14.3. The summed E-state index contributed by atoms with van der Waals surface area (Å²) in [6.07, 6.45) is 0. The molecule has 1 amide bonds. The van der Waals surface area contributed by atoms with Crippen LogP contribution in [0.2, 0.25) is 0 Å². The maximum absolute atomic E-state index is 11.5. The van der Waals surface area contributed by atoms with Gasteiger partial charge in [0.15, 0.2) is 0 Å². The molecule has 0 saturated heterocycles. The molecule has 0 aromatic heterocycles. The first-order valence-electron chi connectivity index (χ1n) is 3.99. The van der Waals surface area contributed by atoms with Crippen LogP contribution in [0, 0.1) is 0 Å². The second-order valence-corrected chi connectivity index (χ2v) is 6.44. The van der Waals surface area contributed by atoms with Crippen LogP contribution in [0.3, 0.4) is 0 Å². The molecule has 1 rings (SSSR count). The molecule has 1 aromatic rings. The molecular formula is C8H10AsNO5. The topological polar surface area (TPSA) is 95.9 Å². The van der Waals surface area contributed by atoms with Gasteiger partial charge in [0, 0.05) is 0 Å². The maximum atomic E-state index is 11.5. The molecule has 7 heteroatoms. The number of benzene rings is 1. The third-order valence-electron chi connectivity index (χ3n) is 1.49. The Balaban J connectivity index is 2.81. The number of phenolic OH excluding ortho intramolecular Hbond substituents is 1. The molecule has 1 unspecified atom stereocenters. The molecular weight excluding hydrogens is 265 g/mol. The molecule has 0 aliphatic heterocycles. The number of carbonyl (C=O) groups is 1. The van der Waals surface area contributed by atoms with E-state index in [4.69, 9.17) is 5.11 Å². The number of hydrogen-bond donors (Lipinski definition) is 3. The molecule has 0 radical (unpaired) electrons. The Labute approximate surface area is 88.8 Å². The van der Waals surface area contributed by atoms with E-state index in [9.17, 15) is 12.6 Å². The molecule has 6 nitrogen and oxygen atoms in total. The first-order chi connectivity index (χ1) is 6.92. The van der Waals surface area contributed by atoms with Crippen LogP contribution in [-0.2, 0) is 12.4 Å². The average Bonchev–Trinajstić information content (AvgIpc) is 2.16. The van der Waals surface area contributed by atoms with Gasteiger partial charge in [-0.2, -0.15) is 0 Å². The van der Waals surface area contributed by atoms with Crippen LogP contribution >= 0.6 is 0 Å². The quantitative estimate of drug-likeness (QED) is 0.487. The summed E-state index contributed by atoms with van der Waals surface area (Å²) in [7, 11) is 0. The molecule has 82 valence electrons. The van der Waals surface area contributed by atoms with Crippen molar-refractivity contribution >= 4 is 24.4 Å². The van der Waals surface area contributed by atoms with Gasteiger partial charge in [0.05, 0.1) is 0 Å². The molecule has 1 atom stereocenters. The number of hydrogen-bond acceptors (Lipinski definition) is 4. The minimum atomic E-state index is -4.71. The predicted octanol–water partition coefficient (Wildman–Crippen LogP) is -0.971. The molecule has 0 spiro atoms. The summed E-state index contributed by atoms with van der Waals surface area (Å²) in [4.78, 5) is 10.5. The van der Waals surface area contributed by atoms with Crippen molar-refractivity contribution in [2.24, 2.45) is 0 Å². The van der Waals surface area contributed by atoms with Gasteiger partial charge in [0.2, 0.25) is 0 Å². The molecule has 0 heterocycles. The van der Waals surface area contributed by atoms with Crippen molar-refractivity contribution in [2.45, 2.75) is 6.92 Å². The molecule has 1 aromatic carbocycles. The van der Waals surface area contributed by atoms with E-state index in [1.807, 2.05) is 5.48 Å². The van der Waals surface area contributed by atoms with Crippen molar-refractivity contribution in [3.8, 4) is 5.75 Å². The fourth-order valence-corrected chi connectivity index (χ4v) is 2.67. The molecule has 3 N–H and O–H groups in total. The summed E-state index contributed by atoms with van der Waals surface area (Å²) in [5.41, 5.74) is 1.81. The van der Waals surface area contributed by atoms with Gasteiger partial charge in [0.1, 0.15) is 0 Å². The third-order valence-corrected chi connectivity index (χ3v) is 4.19. The summed E-state index contributed by atoms with van der Waals surface area (Å²) >= 11 is -4.71. The number of phenols is 1. The molecule has 15 heavy (non-hydrogen) atoms. The van der Waals surface area contributed by atoms with E-state index in [2.05, 4.69) is 3.83 Å². The number of aromatic hydroxyl groups is 1. The van der Waals surface area contributed by atoms with Crippen LogP contribution in [0.25, 0.3) is 0 Å². The standard InChI is InChI=1S/C8H10AsNO5/c1-6(11)10-15-9(13,14)7-2-4-8(12)5-3-7/h2-5,12H,1H3,(H,10,11)(H,13,14). The zero-order chi connectivity index (χ0) is 11.5. The summed E-state index contributed by atoms with van der Waals surface area (Å²) in [6, 6.07) is 5.04. The Hall–Kier alpha value is -1.23. The zero-order valence-electron chi connectivity index (χ0n) is 7.88. The van der Waals surface area contributed by atoms with Crippen LogP contribution in [0.5, 0.6) is 5.75 Å². The molecule has 0 aliphatic carbocycles. The van der Waals surface area contributed by atoms with E-state index in [0.29, 0.717) is 0 Å². The average molecular weight is 275 g/mol. The van der Waals surface area contributed by atoms with Gasteiger partial charge in [-0.25, -0.2) is 0 Å². The second-order valence-electron chi connectivity index (χ2n) is 2.79. The van der Waals surface area contributed by atoms with Gasteiger partial charge in [-0.1, -0.05) is 0 Å². The van der Waals surface area contributed by atoms with Crippen LogP contribution in [-0.4, -0.2) is 29.3 Å². The van der Waals surface area contributed by atoms with Gasteiger partial charge < -0.3 is 0 Å². The van der Waals surface area contributed by atoms with Gasteiger partial charge in [-0.05, 0) is 0 Å². The Bertz CT molecular complexity index is 402. The van der Waals surface area contributed by atoms with Crippen LogP contribution in [0.1, 0.15) is 6.92 Å². The van der Waals surface area contributed by atoms with Gasteiger partial charge >= 0.3 is 88.4 Å².